The lowest BCUT2D eigenvalue weighted by Gasteiger charge is -2.31. The number of ether oxygens (including phenoxy) is 1. The van der Waals surface area contributed by atoms with Gasteiger partial charge in [0.15, 0.2) is 0 Å². The number of halogens is 1. The Kier molecular flexibility index (Phi) is 6.88. The highest BCUT2D eigenvalue weighted by Crippen LogP contribution is 2.36. The smallest absolute Gasteiger partial charge is 0.251 e. The van der Waals surface area contributed by atoms with Crippen LogP contribution in [0.5, 0.6) is 5.75 Å². The van der Waals surface area contributed by atoms with Crippen molar-refractivity contribution in [3.05, 3.63) is 87.4 Å². The summed E-state index contributed by atoms with van der Waals surface area (Å²) in [5.41, 5.74) is 5.27. The van der Waals surface area contributed by atoms with E-state index in [1.807, 2.05) is 42.1 Å². The maximum atomic E-state index is 12.9. The number of fused-ring (bicyclic) bond motifs is 1. The Bertz CT molecular complexity index is 1090. The maximum Gasteiger partial charge on any atom is 0.251 e. The van der Waals surface area contributed by atoms with Gasteiger partial charge in [-0.1, -0.05) is 45.8 Å². The first kappa shape index (κ1) is 21.8. The van der Waals surface area contributed by atoms with Gasteiger partial charge in [-0.2, -0.15) is 0 Å². The number of carbonyl (C=O) groups is 1. The average molecular weight is 497 g/mol. The van der Waals surface area contributed by atoms with Crippen molar-refractivity contribution >= 4 is 39.3 Å². The number of hydrogen-bond donors (Lipinski definition) is 1. The Morgan fingerprint density at radius 2 is 1.94 bits per heavy atom. The van der Waals surface area contributed by atoms with Crippen molar-refractivity contribution in [3.63, 3.8) is 0 Å². The second kappa shape index (κ2) is 9.79. The SMILES string of the molecule is COc1ccc(Br)cc1CNC(=O)c1ccc2c(c1)N(Cc1ccc(C)cc1)CCS2. The van der Waals surface area contributed by atoms with Crippen LogP contribution in [0, 0.1) is 6.92 Å². The molecule has 1 aliphatic heterocycles. The third-order valence-electron chi connectivity index (χ3n) is 5.36. The van der Waals surface area contributed by atoms with Gasteiger partial charge < -0.3 is 15.0 Å². The van der Waals surface area contributed by atoms with Gasteiger partial charge in [0.05, 0.1) is 12.8 Å². The fourth-order valence-electron chi connectivity index (χ4n) is 3.66. The minimum Gasteiger partial charge on any atom is -0.496 e. The first-order chi connectivity index (χ1) is 15.0. The van der Waals surface area contributed by atoms with Crippen molar-refractivity contribution in [1.29, 1.82) is 0 Å². The summed E-state index contributed by atoms with van der Waals surface area (Å²) < 4.78 is 6.36. The fraction of sp³-hybridized carbons (Fsp3) is 0.240. The Morgan fingerprint density at radius 1 is 1.13 bits per heavy atom. The van der Waals surface area contributed by atoms with Gasteiger partial charge in [-0.3, -0.25) is 4.79 Å². The number of carbonyl (C=O) groups excluding carboxylic acids is 1. The molecule has 0 radical (unpaired) electrons. The van der Waals surface area contributed by atoms with Crippen LogP contribution in [0.3, 0.4) is 0 Å². The van der Waals surface area contributed by atoms with Crippen LogP contribution in [0.2, 0.25) is 0 Å². The second-order valence-electron chi connectivity index (χ2n) is 7.58. The highest BCUT2D eigenvalue weighted by Gasteiger charge is 2.20. The number of thioether (sulfide) groups is 1. The fourth-order valence-corrected chi connectivity index (χ4v) is 5.10. The van der Waals surface area contributed by atoms with E-state index < -0.39 is 0 Å². The van der Waals surface area contributed by atoms with Crippen LogP contribution in [0.15, 0.2) is 70.0 Å². The van der Waals surface area contributed by atoms with Gasteiger partial charge in [-0.25, -0.2) is 0 Å². The lowest BCUT2D eigenvalue weighted by molar-refractivity contribution is 0.0950. The molecule has 1 N–H and O–H groups in total. The molecular formula is C25H25BrN2O2S. The van der Waals surface area contributed by atoms with Gasteiger partial charge >= 0.3 is 0 Å². The number of aryl methyl sites for hydroxylation is 1. The number of hydrogen-bond acceptors (Lipinski definition) is 4. The average Bonchev–Trinajstić information content (AvgIpc) is 2.79. The number of methoxy groups -OCH3 is 1. The number of rotatable bonds is 6. The van der Waals surface area contributed by atoms with E-state index in [4.69, 9.17) is 4.74 Å². The van der Waals surface area contributed by atoms with Crippen molar-refractivity contribution in [3.8, 4) is 5.75 Å². The van der Waals surface area contributed by atoms with Crippen molar-refractivity contribution < 1.29 is 9.53 Å². The molecule has 31 heavy (non-hydrogen) atoms. The molecule has 4 rings (SSSR count). The van der Waals surface area contributed by atoms with E-state index in [-0.39, 0.29) is 5.91 Å². The van der Waals surface area contributed by atoms with Crippen molar-refractivity contribution in [2.75, 3.05) is 24.3 Å². The summed E-state index contributed by atoms with van der Waals surface area (Å²) >= 11 is 5.33. The molecule has 0 saturated carbocycles. The first-order valence-corrected chi connectivity index (χ1v) is 12.0. The molecule has 6 heteroatoms. The second-order valence-corrected chi connectivity index (χ2v) is 9.63. The van der Waals surface area contributed by atoms with Gasteiger partial charge in [0.1, 0.15) is 5.75 Å². The van der Waals surface area contributed by atoms with E-state index in [1.165, 1.54) is 16.0 Å². The largest absolute Gasteiger partial charge is 0.496 e. The van der Waals surface area contributed by atoms with Crippen molar-refractivity contribution in [2.45, 2.75) is 24.9 Å². The molecule has 0 bridgehead atoms. The van der Waals surface area contributed by atoms with E-state index in [9.17, 15) is 4.79 Å². The van der Waals surface area contributed by atoms with Crippen molar-refractivity contribution in [2.24, 2.45) is 0 Å². The van der Waals surface area contributed by atoms with E-state index in [2.05, 4.69) is 63.4 Å². The number of amides is 1. The van der Waals surface area contributed by atoms with Crippen LogP contribution < -0.4 is 15.0 Å². The minimum absolute atomic E-state index is 0.0873. The Morgan fingerprint density at radius 3 is 2.71 bits per heavy atom. The number of anilines is 1. The van der Waals surface area contributed by atoms with Crippen molar-refractivity contribution in [1.82, 2.24) is 5.32 Å². The zero-order chi connectivity index (χ0) is 21.8. The lowest BCUT2D eigenvalue weighted by Crippen LogP contribution is -2.29. The topological polar surface area (TPSA) is 41.6 Å². The van der Waals surface area contributed by atoms with Crippen LogP contribution in [0.4, 0.5) is 5.69 Å². The summed E-state index contributed by atoms with van der Waals surface area (Å²) in [5.74, 6) is 1.72. The number of nitrogens with zero attached hydrogens (tertiary/aromatic N) is 1. The molecule has 0 atom stereocenters. The van der Waals surface area contributed by atoms with Crippen LogP contribution in [0.1, 0.15) is 27.0 Å². The summed E-state index contributed by atoms with van der Waals surface area (Å²) in [5, 5.41) is 3.03. The van der Waals surface area contributed by atoms with Gasteiger partial charge in [-0.05, 0) is 48.9 Å². The molecular weight excluding hydrogens is 472 g/mol. The van der Waals surface area contributed by atoms with Gasteiger partial charge in [0.2, 0.25) is 0 Å². The number of benzene rings is 3. The molecule has 0 aliphatic carbocycles. The monoisotopic (exact) mass is 496 g/mol. The molecule has 0 spiro atoms. The van der Waals surface area contributed by atoms with Gasteiger partial charge in [0, 0.05) is 45.9 Å². The predicted octanol–water partition coefficient (Wildman–Crippen LogP) is 5.81. The Hall–Kier alpha value is -2.44. The highest BCUT2D eigenvalue weighted by atomic mass is 79.9. The molecule has 3 aromatic rings. The van der Waals surface area contributed by atoms with Crippen LogP contribution in [0.25, 0.3) is 0 Å². The maximum absolute atomic E-state index is 12.9. The molecule has 4 nitrogen and oxygen atoms in total. The number of nitrogens with one attached hydrogen (secondary N) is 1. The van der Waals surface area contributed by atoms with E-state index in [0.29, 0.717) is 12.1 Å². The summed E-state index contributed by atoms with van der Waals surface area (Å²) in [6, 6.07) is 20.4. The molecule has 3 aromatic carbocycles. The van der Waals surface area contributed by atoms with Gasteiger partial charge in [0.25, 0.3) is 5.91 Å². The molecule has 1 aliphatic rings. The summed E-state index contributed by atoms with van der Waals surface area (Å²) in [6.45, 7) is 4.31. The highest BCUT2D eigenvalue weighted by molar-refractivity contribution is 9.10. The van der Waals surface area contributed by atoms with E-state index in [1.54, 1.807) is 7.11 Å². The molecule has 1 amide bonds. The quantitative estimate of drug-likeness (QED) is 0.467. The van der Waals surface area contributed by atoms with Crippen LogP contribution in [-0.4, -0.2) is 25.3 Å². The summed E-state index contributed by atoms with van der Waals surface area (Å²) in [6.07, 6.45) is 0. The molecule has 0 aromatic heterocycles. The van der Waals surface area contributed by atoms with E-state index in [0.717, 1.165) is 40.3 Å². The van der Waals surface area contributed by atoms with Crippen LogP contribution in [-0.2, 0) is 13.1 Å². The summed E-state index contributed by atoms with van der Waals surface area (Å²) in [4.78, 5) is 16.5. The summed E-state index contributed by atoms with van der Waals surface area (Å²) in [7, 11) is 1.64. The Labute approximate surface area is 196 Å². The molecule has 0 fully saturated rings. The zero-order valence-corrected chi connectivity index (χ0v) is 20.1. The minimum atomic E-state index is -0.0873. The Balaban J connectivity index is 1.50. The molecule has 0 unspecified atom stereocenters. The van der Waals surface area contributed by atoms with E-state index >= 15 is 0 Å². The molecule has 0 saturated heterocycles. The molecule has 1 heterocycles. The zero-order valence-electron chi connectivity index (χ0n) is 17.7. The third kappa shape index (κ3) is 5.25. The molecule has 160 valence electrons. The predicted molar refractivity (Wildman–Crippen MR) is 131 cm³/mol. The van der Waals surface area contributed by atoms with Gasteiger partial charge in [-0.15, -0.1) is 11.8 Å². The first-order valence-electron chi connectivity index (χ1n) is 10.2. The standard InChI is InChI=1S/C25H25BrN2O2S/c1-17-3-5-18(6-4-17)16-28-11-12-31-24-10-7-19(14-22(24)28)25(29)27-15-20-13-21(26)8-9-23(20)30-2/h3-10,13-14H,11-12,15-16H2,1-2H3,(H,27,29). The van der Waals surface area contributed by atoms with Crippen LogP contribution >= 0.6 is 27.7 Å². The lowest BCUT2D eigenvalue weighted by atomic mass is 10.1. The normalized spacial score (nSPS) is 12.9. The third-order valence-corrected chi connectivity index (χ3v) is 6.89.